The van der Waals surface area contributed by atoms with Gasteiger partial charge in [0.2, 0.25) is 0 Å². The van der Waals surface area contributed by atoms with Crippen LogP contribution in [0.5, 0.6) is 0 Å². The first-order chi connectivity index (χ1) is 8.31. The average Bonchev–Trinajstić information content (AvgIpc) is 2.65. The molecule has 0 radical (unpaired) electrons. The standard InChI is InChI=1S/C14H25N3/c1-3-9-15-13(12-5-4-6-12)7-8-14-16-10-11-17(14)2/h10-13,15H,3-9H2,1-2H3. The van der Waals surface area contributed by atoms with Crippen molar-refractivity contribution in [3.05, 3.63) is 18.2 Å². The molecule has 1 fully saturated rings. The fourth-order valence-corrected chi connectivity index (χ4v) is 2.60. The van der Waals surface area contributed by atoms with E-state index in [9.17, 15) is 0 Å². The molecule has 0 spiro atoms. The predicted molar refractivity (Wildman–Crippen MR) is 71.0 cm³/mol. The van der Waals surface area contributed by atoms with Crippen LogP contribution in [0.2, 0.25) is 0 Å². The lowest BCUT2D eigenvalue weighted by atomic mass is 9.78. The van der Waals surface area contributed by atoms with E-state index in [2.05, 4.69) is 28.8 Å². The Hall–Kier alpha value is -0.830. The van der Waals surface area contributed by atoms with Crippen molar-refractivity contribution < 1.29 is 0 Å². The van der Waals surface area contributed by atoms with Crippen LogP contribution >= 0.6 is 0 Å². The Balaban J connectivity index is 1.82. The van der Waals surface area contributed by atoms with Crippen molar-refractivity contribution >= 4 is 0 Å². The number of aryl methyl sites for hydroxylation is 2. The second-order valence-corrected chi connectivity index (χ2v) is 5.24. The quantitative estimate of drug-likeness (QED) is 0.787. The third kappa shape index (κ3) is 3.32. The Morgan fingerprint density at radius 2 is 2.35 bits per heavy atom. The molecule has 1 aliphatic carbocycles. The predicted octanol–water partition coefficient (Wildman–Crippen LogP) is 2.52. The molecule has 0 bridgehead atoms. The van der Waals surface area contributed by atoms with Crippen molar-refractivity contribution in [1.29, 1.82) is 0 Å². The molecule has 2 rings (SSSR count). The first-order valence-electron chi connectivity index (χ1n) is 7.01. The van der Waals surface area contributed by atoms with Crippen LogP contribution in [-0.2, 0) is 13.5 Å². The molecule has 0 saturated heterocycles. The van der Waals surface area contributed by atoms with Crippen LogP contribution in [0.4, 0.5) is 0 Å². The maximum absolute atomic E-state index is 4.41. The van der Waals surface area contributed by atoms with Crippen molar-refractivity contribution in [3.8, 4) is 0 Å². The average molecular weight is 235 g/mol. The second-order valence-electron chi connectivity index (χ2n) is 5.24. The molecule has 1 aromatic rings. The van der Waals surface area contributed by atoms with Crippen LogP contribution in [0.1, 0.15) is 44.9 Å². The molecule has 1 saturated carbocycles. The van der Waals surface area contributed by atoms with E-state index in [-0.39, 0.29) is 0 Å². The highest BCUT2D eigenvalue weighted by Gasteiger charge is 2.26. The highest BCUT2D eigenvalue weighted by molar-refractivity contribution is 4.93. The summed E-state index contributed by atoms with van der Waals surface area (Å²) in [6, 6.07) is 0.709. The van der Waals surface area contributed by atoms with Crippen molar-refractivity contribution in [2.45, 2.75) is 51.5 Å². The molecule has 0 aliphatic heterocycles. The highest BCUT2D eigenvalue weighted by Crippen LogP contribution is 2.31. The Bertz CT molecular complexity index is 328. The van der Waals surface area contributed by atoms with Gasteiger partial charge >= 0.3 is 0 Å². The Morgan fingerprint density at radius 1 is 1.53 bits per heavy atom. The number of hydrogen-bond acceptors (Lipinski definition) is 2. The minimum absolute atomic E-state index is 0.709. The fourth-order valence-electron chi connectivity index (χ4n) is 2.60. The molecular formula is C14H25N3. The monoisotopic (exact) mass is 235 g/mol. The number of imidazole rings is 1. The van der Waals surface area contributed by atoms with Crippen LogP contribution in [-0.4, -0.2) is 22.1 Å². The number of rotatable bonds is 7. The summed E-state index contributed by atoms with van der Waals surface area (Å²) in [4.78, 5) is 4.41. The topological polar surface area (TPSA) is 29.9 Å². The molecule has 0 amide bonds. The molecule has 1 aliphatic rings. The van der Waals surface area contributed by atoms with Crippen molar-refractivity contribution in [1.82, 2.24) is 14.9 Å². The minimum Gasteiger partial charge on any atom is -0.338 e. The summed E-state index contributed by atoms with van der Waals surface area (Å²) in [7, 11) is 2.08. The summed E-state index contributed by atoms with van der Waals surface area (Å²) in [6.07, 6.45) is 11.8. The fraction of sp³-hybridized carbons (Fsp3) is 0.786. The largest absolute Gasteiger partial charge is 0.338 e. The lowest BCUT2D eigenvalue weighted by Crippen LogP contribution is -2.40. The van der Waals surface area contributed by atoms with Crippen molar-refractivity contribution in [3.63, 3.8) is 0 Å². The number of hydrogen-bond donors (Lipinski definition) is 1. The minimum atomic E-state index is 0.709. The maximum atomic E-state index is 4.41. The van der Waals surface area contributed by atoms with Crippen LogP contribution in [0.3, 0.4) is 0 Å². The van der Waals surface area contributed by atoms with Gasteiger partial charge in [0.05, 0.1) is 0 Å². The van der Waals surface area contributed by atoms with Gasteiger partial charge in [-0.15, -0.1) is 0 Å². The first-order valence-corrected chi connectivity index (χ1v) is 7.01. The summed E-state index contributed by atoms with van der Waals surface area (Å²) in [5, 5.41) is 3.72. The van der Waals surface area contributed by atoms with E-state index < -0.39 is 0 Å². The molecule has 3 heteroatoms. The lowest BCUT2D eigenvalue weighted by molar-refractivity contribution is 0.219. The normalized spacial score (nSPS) is 18.0. The van der Waals surface area contributed by atoms with Crippen molar-refractivity contribution in [2.24, 2.45) is 13.0 Å². The van der Waals surface area contributed by atoms with Gasteiger partial charge < -0.3 is 9.88 Å². The molecule has 0 aromatic carbocycles. The zero-order valence-electron chi connectivity index (χ0n) is 11.2. The molecule has 17 heavy (non-hydrogen) atoms. The Kier molecular flexibility index (Phi) is 4.60. The third-order valence-electron chi connectivity index (χ3n) is 3.98. The van der Waals surface area contributed by atoms with E-state index >= 15 is 0 Å². The summed E-state index contributed by atoms with van der Waals surface area (Å²) >= 11 is 0. The highest BCUT2D eigenvalue weighted by atomic mass is 15.0. The number of nitrogens with zero attached hydrogens (tertiary/aromatic N) is 2. The summed E-state index contributed by atoms with van der Waals surface area (Å²) < 4.78 is 2.14. The first kappa shape index (κ1) is 12.6. The molecule has 1 aromatic heterocycles. The number of nitrogens with one attached hydrogen (secondary N) is 1. The van der Waals surface area contributed by atoms with Crippen LogP contribution in [0.15, 0.2) is 12.4 Å². The summed E-state index contributed by atoms with van der Waals surface area (Å²) in [6.45, 7) is 3.39. The van der Waals surface area contributed by atoms with E-state index in [1.54, 1.807) is 0 Å². The van der Waals surface area contributed by atoms with E-state index in [4.69, 9.17) is 0 Å². The lowest BCUT2D eigenvalue weighted by Gasteiger charge is -2.34. The second kappa shape index (κ2) is 6.20. The summed E-state index contributed by atoms with van der Waals surface area (Å²) in [5.41, 5.74) is 0. The zero-order chi connectivity index (χ0) is 12.1. The molecule has 96 valence electrons. The van der Waals surface area contributed by atoms with E-state index in [0.29, 0.717) is 6.04 Å². The van der Waals surface area contributed by atoms with E-state index in [1.807, 2.05) is 12.4 Å². The molecule has 1 heterocycles. The van der Waals surface area contributed by atoms with Gasteiger partial charge in [-0.3, -0.25) is 0 Å². The van der Waals surface area contributed by atoms with Gasteiger partial charge in [-0.1, -0.05) is 13.3 Å². The molecule has 1 atom stereocenters. The molecular weight excluding hydrogens is 210 g/mol. The van der Waals surface area contributed by atoms with Crippen LogP contribution in [0, 0.1) is 5.92 Å². The molecule has 3 nitrogen and oxygen atoms in total. The van der Waals surface area contributed by atoms with E-state index in [0.717, 1.165) is 18.9 Å². The van der Waals surface area contributed by atoms with Gasteiger partial charge in [0.25, 0.3) is 0 Å². The molecule has 1 N–H and O–H groups in total. The van der Waals surface area contributed by atoms with Crippen LogP contribution < -0.4 is 5.32 Å². The van der Waals surface area contributed by atoms with Gasteiger partial charge in [-0.2, -0.15) is 0 Å². The van der Waals surface area contributed by atoms with Gasteiger partial charge in [0.1, 0.15) is 5.82 Å². The van der Waals surface area contributed by atoms with E-state index in [1.165, 1.54) is 37.9 Å². The molecule has 1 unspecified atom stereocenters. The van der Waals surface area contributed by atoms with Gasteiger partial charge in [0.15, 0.2) is 0 Å². The smallest absolute Gasteiger partial charge is 0.108 e. The number of aromatic nitrogens is 2. The van der Waals surface area contributed by atoms with Crippen molar-refractivity contribution in [2.75, 3.05) is 6.54 Å². The van der Waals surface area contributed by atoms with Crippen LogP contribution in [0.25, 0.3) is 0 Å². The Morgan fingerprint density at radius 3 is 2.88 bits per heavy atom. The third-order valence-corrected chi connectivity index (χ3v) is 3.98. The maximum Gasteiger partial charge on any atom is 0.108 e. The zero-order valence-corrected chi connectivity index (χ0v) is 11.2. The van der Waals surface area contributed by atoms with Gasteiger partial charge in [-0.05, 0) is 38.1 Å². The summed E-state index contributed by atoms with van der Waals surface area (Å²) in [5.74, 6) is 2.13. The Labute approximate surface area is 105 Å². The van der Waals surface area contributed by atoms with Gasteiger partial charge in [0, 0.05) is 31.9 Å². The van der Waals surface area contributed by atoms with Gasteiger partial charge in [-0.25, -0.2) is 4.98 Å². The SMILES string of the molecule is CCCNC(CCc1nccn1C)C1CCC1.